The summed E-state index contributed by atoms with van der Waals surface area (Å²) in [6, 6.07) is 6.82. The molecule has 1 amide bonds. The van der Waals surface area contributed by atoms with Gasteiger partial charge in [-0.15, -0.1) is 0 Å². The number of sulfonamides is 1. The Morgan fingerprint density at radius 1 is 1.17 bits per heavy atom. The fraction of sp³-hybridized carbons (Fsp3) is 0.562. The highest BCUT2D eigenvalue weighted by Gasteiger charge is 2.29. The molecule has 0 spiro atoms. The van der Waals surface area contributed by atoms with Crippen LogP contribution in [0.3, 0.4) is 0 Å². The number of piperazine rings is 1. The van der Waals surface area contributed by atoms with E-state index in [2.05, 4.69) is 15.9 Å². The first kappa shape index (κ1) is 19.4. The number of carbonyl (C=O) groups excluding carboxylic acids is 1. The van der Waals surface area contributed by atoms with Gasteiger partial charge in [-0.2, -0.15) is 4.31 Å². The molecule has 0 saturated carbocycles. The van der Waals surface area contributed by atoms with Crippen molar-refractivity contribution in [1.82, 2.24) is 14.1 Å². The molecule has 0 radical (unpaired) electrons. The lowest BCUT2D eigenvalue weighted by molar-refractivity contribution is -0.132. The van der Waals surface area contributed by atoms with E-state index in [0.29, 0.717) is 37.6 Å². The minimum atomic E-state index is -3.47. The van der Waals surface area contributed by atoms with Crippen molar-refractivity contribution in [3.63, 3.8) is 0 Å². The number of hydrogen-bond donors (Lipinski definition) is 0. The van der Waals surface area contributed by atoms with Crippen LogP contribution < -0.4 is 0 Å². The van der Waals surface area contributed by atoms with Crippen LogP contribution in [-0.4, -0.2) is 74.2 Å². The third-order valence-corrected chi connectivity index (χ3v) is 6.75. The predicted molar refractivity (Wildman–Crippen MR) is 97.2 cm³/mol. The third kappa shape index (κ3) is 4.56. The molecular formula is C16H24BrN3O3S. The summed E-state index contributed by atoms with van der Waals surface area (Å²) in [5, 5.41) is 0. The molecule has 8 heteroatoms. The molecule has 134 valence electrons. The lowest BCUT2D eigenvalue weighted by Crippen LogP contribution is -2.51. The first-order valence-electron chi connectivity index (χ1n) is 7.95. The summed E-state index contributed by atoms with van der Waals surface area (Å²) in [7, 11) is -1.68. The molecule has 1 aromatic rings. The third-order valence-electron chi connectivity index (χ3n) is 4.31. The van der Waals surface area contributed by atoms with Gasteiger partial charge in [-0.3, -0.25) is 9.69 Å². The minimum absolute atomic E-state index is 0.0641. The van der Waals surface area contributed by atoms with Crippen LogP contribution in [-0.2, 0) is 14.8 Å². The van der Waals surface area contributed by atoms with Crippen molar-refractivity contribution in [2.75, 3.05) is 39.8 Å². The van der Waals surface area contributed by atoms with Crippen LogP contribution in [0.15, 0.2) is 33.6 Å². The van der Waals surface area contributed by atoms with Gasteiger partial charge in [-0.25, -0.2) is 8.42 Å². The SMILES string of the molecule is CC(C)N(C)C(=O)CN1CCN(S(=O)(=O)c2ccc(Br)cc2)CC1. The topological polar surface area (TPSA) is 60.9 Å². The van der Waals surface area contributed by atoms with Crippen LogP contribution >= 0.6 is 15.9 Å². The van der Waals surface area contributed by atoms with Crippen LogP contribution in [0, 0.1) is 0 Å². The van der Waals surface area contributed by atoms with Gasteiger partial charge < -0.3 is 4.90 Å². The van der Waals surface area contributed by atoms with E-state index in [0.717, 1.165) is 4.47 Å². The lowest BCUT2D eigenvalue weighted by Gasteiger charge is -2.34. The van der Waals surface area contributed by atoms with Crippen molar-refractivity contribution >= 4 is 31.9 Å². The molecule has 0 atom stereocenters. The van der Waals surface area contributed by atoms with Gasteiger partial charge in [0.15, 0.2) is 0 Å². The van der Waals surface area contributed by atoms with Gasteiger partial charge in [0.25, 0.3) is 0 Å². The maximum absolute atomic E-state index is 12.6. The average Bonchev–Trinajstić information content (AvgIpc) is 2.55. The molecule has 0 aliphatic carbocycles. The van der Waals surface area contributed by atoms with Crippen LogP contribution in [0.5, 0.6) is 0 Å². The molecule has 1 heterocycles. The number of nitrogens with zero attached hydrogens (tertiary/aromatic N) is 3. The smallest absolute Gasteiger partial charge is 0.243 e. The normalized spacial score (nSPS) is 17.2. The second kappa shape index (κ2) is 7.95. The van der Waals surface area contributed by atoms with E-state index < -0.39 is 10.0 Å². The summed E-state index contributed by atoms with van der Waals surface area (Å²) in [4.78, 5) is 16.2. The molecule has 1 fully saturated rings. The maximum Gasteiger partial charge on any atom is 0.243 e. The van der Waals surface area contributed by atoms with Crippen molar-refractivity contribution < 1.29 is 13.2 Å². The van der Waals surface area contributed by atoms with Crippen LogP contribution in [0.1, 0.15) is 13.8 Å². The van der Waals surface area contributed by atoms with Crippen molar-refractivity contribution in [3.8, 4) is 0 Å². The van der Waals surface area contributed by atoms with E-state index in [9.17, 15) is 13.2 Å². The molecule has 6 nitrogen and oxygen atoms in total. The molecule has 0 unspecified atom stereocenters. The van der Waals surface area contributed by atoms with E-state index in [1.807, 2.05) is 18.7 Å². The highest BCUT2D eigenvalue weighted by Crippen LogP contribution is 2.20. The fourth-order valence-corrected chi connectivity index (χ4v) is 4.16. The Hall–Kier alpha value is -0.960. The number of halogens is 1. The minimum Gasteiger partial charge on any atom is -0.342 e. The van der Waals surface area contributed by atoms with Crippen molar-refractivity contribution in [2.24, 2.45) is 0 Å². The second-order valence-corrected chi connectivity index (χ2v) is 9.09. The Bertz CT molecular complexity index is 668. The Balaban J connectivity index is 1.95. The maximum atomic E-state index is 12.6. The highest BCUT2D eigenvalue weighted by molar-refractivity contribution is 9.10. The van der Waals surface area contributed by atoms with E-state index in [1.165, 1.54) is 4.31 Å². The number of hydrogen-bond acceptors (Lipinski definition) is 4. The predicted octanol–water partition coefficient (Wildman–Crippen LogP) is 1.62. The van der Waals surface area contributed by atoms with Gasteiger partial charge in [0.1, 0.15) is 0 Å². The Morgan fingerprint density at radius 3 is 2.21 bits per heavy atom. The van der Waals surface area contributed by atoms with Crippen LogP contribution in [0.25, 0.3) is 0 Å². The molecule has 1 saturated heterocycles. The molecule has 24 heavy (non-hydrogen) atoms. The summed E-state index contributed by atoms with van der Waals surface area (Å²) >= 11 is 3.31. The quantitative estimate of drug-likeness (QED) is 0.729. The Labute approximate surface area is 152 Å². The van der Waals surface area contributed by atoms with E-state index in [1.54, 1.807) is 36.2 Å². The first-order chi connectivity index (χ1) is 11.2. The number of rotatable bonds is 5. The first-order valence-corrected chi connectivity index (χ1v) is 10.2. The lowest BCUT2D eigenvalue weighted by atomic mass is 10.3. The number of benzene rings is 1. The van der Waals surface area contributed by atoms with Crippen molar-refractivity contribution in [1.29, 1.82) is 0 Å². The molecule has 0 N–H and O–H groups in total. The van der Waals surface area contributed by atoms with E-state index in [-0.39, 0.29) is 11.9 Å². The van der Waals surface area contributed by atoms with Gasteiger partial charge >= 0.3 is 0 Å². The molecule has 0 bridgehead atoms. The number of likely N-dealkylation sites (N-methyl/N-ethyl adjacent to an activating group) is 1. The summed E-state index contributed by atoms with van der Waals surface area (Å²) < 4.78 is 27.6. The number of amides is 1. The van der Waals surface area contributed by atoms with Gasteiger partial charge in [-0.05, 0) is 38.1 Å². The number of carbonyl (C=O) groups is 1. The van der Waals surface area contributed by atoms with Crippen LogP contribution in [0.4, 0.5) is 0 Å². The summed E-state index contributed by atoms with van der Waals surface area (Å²) in [6.07, 6.45) is 0. The Morgan fingerprint density at radius 2 is 1.71 bits per heavy atom. The van der Waals surface area contributed by atoms with Gasteiger partial charge in [-0.1, -0.05) is 15.9 Å². The second-order valence-electron chi connectivity index (χ2n) is 6.23. The monoisotopic (exact) mass is 417 g/mol. The van der Waals surface area contributed by atoms with Gasteiger partial charge in [0.2, 0.25) is 15.9 Å². The van der Waals surface area contributed by atoms with Gasteiger partial charge in [0.05, 0.1) is 11.4 Å². The molecule has 1 aromatic carbocycles. The van der Waals surface area contributed by atoms with Gasteiger partial charge in [0, 0.05) is 43.7 Å². The zero-order valence-corrected chi connectivity index (χ0v) is 16.7. The fourth-order valence-electron chi connectivity index (χ4n) is 2.47. The molecule has 1 aliphatic rings. The largest absolute Gasteiger partial charge is 0.342 e. The average molecular weight is 418 g/mol. The summed E-state index contributed by atoms with van der Waals surface area (Å²) in [6.45, 7) is 6.21. The van der Waals surface area contributed by atoms with E-state index >= 15 is 0 Å². The van der Waals surface area contributed by atoms with Crippen LogP contribution in [0.2, 0.25) is 0 Å². The summed E-state index contributed by atoms with van der Waals surface area (Å²) in [5.41, 5.74) is 0. The highest BCUT2D eigenvalue weighted by atomic mass is 79.9. The zero-order chi connectivity index (χ0) is 17.9. The standard InChI is InChI=1S/C16H24BrN3O3S/c1-13(2)18(3)16(21)12-19-8-10-20(11-9-19)24(22,23)15-6-4-14(17)5-7-15/h4-7,13H,8-12H2,1-3H3. The van der Waals surface area contributed by atoms with Crippen molar-refractivity contribution in [3.05, 3.63) is 28.7 Å². The zero-order valence-electron chi connectivity index (χ0n) is 14.3. The molecule has 0 aromatic heterocycles. The molecule has 1 aliphatic heterocycles. The Kier molecular flexibility index (Phi) is 6.41. The summed E-state index contributed by atoms with van der Waals surface area (Å²) in [5.74, 6) is 0.0641. The molecular weight excluding hydrogens is 394 g/mol. The van der Waals surface area contributed by atoms with E-state index in [4.69, 9.17) is 0 Å². The van der Waals surface area contributed by atoms with Crippen molar-refractivity contribution in [2.45, 2.75) is 24.8 Å². The molecule has 2 rings (SSSR count).